The molecule has 0 aromatic heterocycles. The van der Waals surface area contributed by atoms with Gasteiger partial charge in [0.15, 0.2) is 0 Å². The fourth-order valence-electron chi connectivity index (χ4n) is 0.655. The molecular formula is C11H17NO11. The van der Waals surface area contributed by atoms with Crippen LogP contribution in [0.15, 0.2) is 0 Å². The van der Waals surface area contributed by atoms with Crippen molar-refractivity contribution in [2.24, 2.45) is 5.90 Å². The molecule has 0 amide bonds. The molecule has 0 spiro atoms. The van der Waals surface area contributed by atoms with Crippen LogP contribution in [0.25, 0.3) is 0 Å². The Bertz CT molecular complexity index is 403. The van der Waals surface area contributed by atoms with Crippen molar-refractivity contribution in [3.8, 4) is 0 Å². The number of carbonyl (C=O) groups is 6. The number of carbonyl (C=O) groups excluding carboxylic acids is 2. The number of Topliss-reactive ketones (excluding diaryl/α,β-unsaturated/α-hetero) is 2. The molecule has 0 aliphatic rings. The van der Waals surface area contributed by atoms with Crippen LogP contribution in [0, 0.1) is 0 Å². The number of carboxylic acid groups (broad SMARTS) is 4. The summed E-state index contributed by atoms with van der Waals surface area (Å²) in [5.74, 6) is -3.29. The van der Waals surface area contributed by atoms with Gasteiger partial charge in [0, 0.05) is 12.8 Å². The van der Waals surface area contributed by atoms with E-state index in [1.807, 2.05) is 0 Å². The lowest BCUT2D eigenvalue weighted by molar-refractivity contribution is -0.150. The van der Waals surface area contributed by atoms with E-state index in [0.717, 1.165) is 0 Å². The van der Waals surface area contributed by atoms with Gasteiger partial charge in [-0.3, -0.25) is 19.2 Å². The van der Waals surface area contributed by atoms with Gasteiger partial charge in [0.05, 0.1) is 20.0 Å². The van der Waals surface area contributed by atoms with E-state index in [0.29, 0.717) is 0 Å². The molecule has 0 aromatic carbocycles. The molecule has 0 radical (unpaired) electrons. The molecule has 12 heteroatoms. The first-order valence-corrected chi connectivity index (χ1v) is 5.68. The standard InChI is InChI=1S/2C5H6O5.CH5NO/c2*6-3(5(9)10)1-2-4(7)8;1-3-2/h2*1-2H2,(H,7,8)(H,9,10);2H2,1H3. The van der Waals surface area contributed by atoms with E-state index < -0.39 is 61.1 Å². The fraction of sp³-hybridized carbons (Fsp3) is 0.455. The number of aliphatic carboxylic acids is 4. The van der Waals surface area contributed by atoms with Gasteiger partial charge < -0.3 is 25.3 Å². The second-order valence-corrected chi connectivity index (χ2v) is 3.48. The first-order chi connectivity index (χ1) is 10.5. The van der Waals surface area contributed by atoms with Crippen LogP contribution in [0.5, 0.6) is 0 Å². The lowest BCUT2D eigenvalue weighted by atomic mass is 10.2. The summed E-state index contributed by atoms with van der Waals surface area (Å²) in [7, 11) is 1.40. The van der Waals surface area contributed by atoms with Gasteiger partial charge in [-0.05, 0) is 0 Å². The largest absolute Gasteiger partial charge is 0.481 e. The predicted molar refractivity (Wildman–Crippen MR) is 70.2 cm³/mol. The Kier molecular flexibility index (Phi) is 17.0. The van der Waals surface area contributed by atoms with Crippen molar-refractivity contribution in [3.63, 3.8) is 0 Å². The second-order valence-electron chi connectivity index (χ2n) is 3.48. The van der Waals surface area contributed by atoms with Crippen molar-refractivity contribution in [3.05, 3.63) is 0 Å². The van der Waals surface area contributed by atoms with E-state index in [2.05, 4.69) is 10.7 Å². The average Bonchev–Trinajstić information content (AvgIpc) is 2.43. The quantitative estimate of drug-likeness (QED) is 0.252. The maximum Gasteiger partial charge on any atom is 0.372 e. The van der Waals surface area contributed by atoms with E-state index in [9.17, 15) is 28.8 Å². The van der Waals surface area contributed by atoms with Crippen LogP contribution in [-0.2, 0) is 33.6 Å². The van der Waals surface area contributed by atoms with Crippen LogP contribution in [0.4, 0.5) is 0 Å². The number of rotatable bonds is 8. The van der Waals surface area contributed by atoms with Crippen molar-refractivity contribution < 1.29 is 54.0 Å². The smallest absolute Gasteiger partial charge is 0.372 e. The highest BCUT2D eigenvalue weighted by molar-refractivity contribution is 6.33. The van der Waals surface area contributed by atoms with Crippen LogP contribution in [0.2, 0.25) is 0 Å². The monoisotopic (exact) mass is 339 g/mol. The van der Waals surface area contributed by atoms with E-state index in [1.54, 1.807) is 0 Å². The molecule has 0 fully saturated rings. The number of ketones is 2. The van der Waals surface area contributed by atoms with Gasteiger partial charge in [0.25, 0.3) is 0 Å². The highest BCUT2D eigenvalue weighted by atomic mass is 16.6. The summed E-state index contributed by atoms with van der Waals surface area (Å²) in [6, 6.07) is 0. The minimum Gasteiger partial charge on any atom is -0.481 e. The van der Waals surface area contributed by atoms with Crippen LogP contribution in [0.3, 0.4) is 0 Å². The Morgan fingerprint density at radius 2 is 0.913 bits per heavy atom. The number of carboxylic acids is 4. The summed E-state index contributed by atoms with van der Waals surface area (Å²) in [6.07, 6.45) is -1.73. The molecule has 23 heavy (non-hydrogen) atoms. The van der Waals surface area contributed by atoms with Crippen LogP contribution >= 0.6 is 0 Å². The summed E-state index contributed by atoms with van der Waals surface area (Å²) < 4.78 is 0. The van der Waals surface area contributed by atoms with Crippen molar-refractivity contribution in [1.82, 2.24) is 0 Å². The lowest BCUT2D eigenvalue weighted by Crippen LogP contribution is -2.13. The summed E-state index contributed by atoms with van der Waals surface area (Å²) in [5, 5.41) is 31.9. The van der Waals surface area contributed by atoms with Crippen LogP contribution in [-0.4, -0.2) is 63.0 Å². The molecule has 132 valence electrons. The van der Waals surface area contributed by atoms with Gasteiger partial charge in [-0.1, -0.05) is 0 Å². The van der Waals surface area contributed by atoms with Crippen molar-refractivity contribution >= 4 is 35.4 Å². The van der Waals surface area contributed by atoms with Gasteiger partial charge >= 0.3 is 23.9 Å². The normalized spacial score (nSPS) is 8.43. The Morgan fingerprint density at radius 3 is 1.04 bits per heavy atom. The third-order valence-electron chi connectivity index (χ3n) is 1.61. The third kappa shape index (κ3) is 24.5. The lowest BCUT2D eigenvalue weighted by Gasteiger charge is -1.88. The topological polar surface area (TPSA) is 219 Å². The molecule has 0 bridgehead atoms. The Labute approximate surface area is 129 Å². The Balaban J connectivity index is -0.000000297. The van der Waals surface area contributed by atoms with E-state index in [1.165, 1.54) is 7.11 Å². The molecule has 0 atom stereocenters. The highest BCUT2D eigenvalue weighted by Crippen LogP contribution is 1.90. The molecule has 0 aliphatic carbocycles. The van der Waals surface area contributed by atoms with Crippen molar-refractivity contribution in [2.45, 2.75) is 25.7 Å². The molecule has 0 unspecified atom stereocenters. The van der Waals surface area contributed by atoms with Crippen molar-refractivity contribution in [2.75, 3.05) is 7.11 Å². The molecule has 0 aliphatic heterocycles. The first kappa shape index (κ1) is 25.1. The zero-order chi connectivity index (χ0) is 19.0. The molecular weight excluding hydrogens is 322 g/mol. The van der Waals surface area contributed by atoms with Gasteiger partial charge in [-0.15, -0.1) is 0 Å². The zero-order valence-corrected chi connectivity index (χ0v) is 12.1. The molecule has 0 rings (SSSR count). The molecule has 0 saturated carbocycles. The van der Waals surface area contributed by atoms with Crippen molar-refractivity contribution in [1.29, 1.82) is 0 Å². The average molecular weight is 339 g/mol. The maximum atomic E-state index is 10.2. The fourth-order valence-corrected chi connectivity index (χ4v) is 0.655. The first-order valence-electron chi connectivity index (χ1n) is 5.68. The zero-order valence-electron chi connectivity index (χ0n) is 12.1. The number of hydrogen-bond donors (Lipinski definition) is 5. The molecule has 0 heterocycles. The SMILES string of the molecule is CON.O=C(O)CCC(=O)C(=O)O.O=C(O)CCC(=O)C(=O)O. The summed E-state index contributed by atoms with van der Waals surface area (Å²) >= 11 is 0. The van der Waals surface area contributed by atoms with Gasteiger partial charge in [-0.2, -0.15) is 0 Å². The maximum absolute atomic E-state index is 10.2. The van der Waals surface area contributed by atoms with Crippen LogP contribution < -0.4 is 5.90 Å². The van der Waals surface area contributed by atoms with E-state index in [-0.39, 0.29) is 0 Å². The minimum absolute atomic E-state index is 0.425. The summed E-state index contributed by atoms with van der Waals surface area (Å²) in [6.45, 7) is 0. The number of hydrogen-bond acceptors (Lipinski definition) is 8. The van der Waals surface area contributed by atoms with Crippen LogP contribution in [0.1, 0.15) is 25.7 Å². The molecule has 0 aromatic rings. The highest BCUT2D eigenvalue weighted by Gasteiger charge is 2.12. The molecule has 12 nitrogen and oxygen atoms in total. The summed E-state index contributed by atoms with van der Waals surface area (Å²) in [5.41, 5.74) is 0. The Morgan fingerprint density at radius 1 is 0.696 bits per heavy atom. The molecule has 0 saturated heterocycles. The second kappa shape index (κ2) is 15.5. The van der Waals surface area contributed by atoms with E-state index in [4.69, 9.17) is 20.4 Å². The van der Waals surface area contributed by atoms with Gasteiger partial charge in [0.2, 0.25) is 11.6 Å². The van der Waals surface area contributed by atoms with Gasteiger partial charge in [-0.25, -0.2) is 15.5 Å². The summed E-state index contributed by atoms with van der Waals surface area (Å²) in [4.78, 5) is 63.2. The third-order valence-corrected chi connectivity index (χ3v) is 1.61. The number of nitrogens with two attached hydrogens (primary N) is 1. The van der Waals surface area contributed by atoms with E-state index >= 15 is 0 Å². The van der Waals surface area contributed by atoms with Gasteiger partial charge in [0.1, 0.15) is 0 Å². The predicted octanol–water partition coefficient (Wildman–Crippen LogP) is -1.48. The molecule has 6 N–H and O–H groups in total. The Hall–Kier alpha value is -2.86. The minimum atomic E-state index is -1.58.